The molecule has 3 N–H and O–H groups in total. The van der Waals surface area contributed by atoms with Crippen LogP contribution in [0.4, 0.5) is 22.0 Å². The molecule has 0 saturated heterocycles. The predicted molar refractivity (Wildman–Crippen MR) is 56.3 cm³/mol. The maximum Gasteiger partial charge on any atom is 0.389 e. The van der Waals surface area contributed by atoms with E-state index in [1.165, 1.54) is 6.07 Å². The van der Waals surface area contributed by atoms with Gasteiger partial charge < -0.3 is 0 Å². The third-order valence-electron chi connectivity index (χ3n) is 2.50. The van der Waals surface area contributed by atoms with Gasteiger partial charge in [0.15, 0.2) is 0 Å². The van der Waals surface area contributed by atoms with Crippen LogP contribution >= 0.6 is 0 Å². The molecule has 7 heteroatoms. The number of hydrogen-bond acceptors (Lipinski definition) is 2. The number of hydrogen-bond donors (Lipinski definition) is 2. The minimum Gasteiger partial charge on any atom is -0.271 e. The van der Waals surface area contributed by atoms with Gasteiger partial charge in [0.2, 0.25) is 0 Å². The summed E-state index contributed by atoms with van der Waals surface area (Å²) in [6.07, 6.45) is -5.66. The summed E-state index contributed by atoms with van der Waals surface area (Å²) in [5.74, 6) is 3.47. The van der Waals surface area contributed by atoms with Crippen molar-refractivity contribution in [2.24, 2.45) is 5.84 Å². The van der Waals surface area contributed by atoms with Gasteiger partial charge in [0.25, 0.3) is 0 Å². The molecule has 1 rings (SSSR count). The van der Waals surface area contributed by atoms with Crippen LogP contribution in [0.1, 0.15) is 30.9 Å². The lowest BCUT2D eigenvalue weighted by molar-refractivity contribution is -0.135. The molecule has 0 aliphatic rings. The van der Waals surface area contributed by atoms with Crippen LogP contribution in [0.5, 0.6) is 0 Å². The summed E-state index contributed by atoms with van der Waals surface area (Å²) in [7, 11) is 0. The molecular weight excluding hydrogens is 255 g/mol. The first-order chi connectivity index (χ1) is 8.35. The highest BCUT2D eigenvalue weighted by atomic mass is 19.4. The van der Waals surface area contributed by atoms with E-state index in [2.05, 4.69) is 5.43 Å². The van der Waals surface area contributed by atoms with Crippen LogP contribution in [0.2, 0.25) is 0 Å². The van der Waals surface area contributed by atoms with E-state index < -0.39 is 30.3 Å². The molecule has 102 valence electrons. The Morgan fingerprint density at radius 2 is 1.72 bits per heavy atom. The van der Waals surface area contributed by atoms with Gasteiger partial charge in [-0.05, 0) is 25.0 Å². The smallest absolute Gasteiger partial charge is 0.271 e. The molecule has 0 heterocycles. The van der Waals surface area contributed by atoms with Gasteiger partial charge in [0.1, 0.15) is 11.6 Å². The Kier molecular flexibility index (Phi) is 5.03. The van der Waals surface area contributed by atoms with E-state index in [1.807, 2.05) is 0 Å². The molecule has 0 bridgehead atoms. The van der Waals surface area contributed by atoms with Gasteiger partial charge in [-0.15, -0.1) is 0 Å². The molecular formula is C11H13F5N2. The number of halogens is 5. The second-order valence-electron chi connectivity index (χ2n) is 3.86. The monoisotopic (exact) mass is 268 g/mol. The maximum absolute atomic E-state index is 13.4. The number of rotatable bonds is 5. The lowest BCUT2D eigenvalue weighted by Gasteiger charge is -2.18. The van der Waals surface area contributed by atoms with Crippen LogP contribution in [0, 0.1) is 11.6 Å². The van der Waals surface area contributed by atoms with E-state index in [-0.39, 0.29) is 18.4 Å². The number of alkyl halides is 3. The van der Waals surface area contributed by atoms with Crippen molar-refractivity contribution < 1.29 is 22.0 Å². The van der Waals surface area contributed by atoms with Gasteiger partial charge in [-0.2, -0.15) is 13.2 Å². The van der Waals surface area contributed by atoms with E-state index in [4.69, 9.17) is 5.84 Å². The normalized spacial score (nSPS) is 13.7. The zero-order valence-electron chi connectivity index (χ0n) is 9.40. The highest BCUT2D eigenvalue weighted by Crippen LogP contribution is 2.28. The fourth-order valence-corrected chi connectivity index (χ4v) is 1.66. The Bertz CT molecular complexity index is 371. The molecule has 0 aromatic heterocycles. The molecule has 1 unspecified atom stereocenters. The number of nitrogens with one attached hydrogen (secondary N) is 1. The number of hydrazine groups is 1. The second-order valence-corrected chi connectivity index (χ2v) is 3.86. The molecule has 0 aliphatic carbocycles. The second kappa shape index (κ2) is 6.10. The van der Waals surface area contributed by atoms with E-state index in [0.717, 1.165) is 12.1 Å². The van der Waals surface area contributed by atoms with E-state index in [0.29, 0.717) is 0 Å². The van der Waals surface area contributed by atoms with Gasteiger partial charge in [0, 0.05) is 12.0 Å². The Hall–Kier alpha value is -1.21. The summed E-state index contributed by atoms with van der Waals surface area (Å²) in [4.78, 5) is 0. The Morgan fingerprint density at radius 1 is 1.17 bits per heavy atom. The standard InChI is InChI=1S/C11H13F5N2/c12-7-3-1-4-8(13)10(7)9(18-17)5-2-6-11(14,15)16/h1,3-4,9,18H,2,5-6,17H2. The Balaban J connectivity index is 2.72. The molecule has 2 nitrogen and oxygen atoms in total. The van der Waals surface area contributed by atoms with E-state index in [1.54, 1.807) is 0 Å². The molecule has 0 aliphatic heterocycles. The average Bonchev–Trinajstić information content (AvgIpc) is 2.25. The average molecular weight is 268 g/mol. The van der Waals surface area contributed by atoms with Crippen molar-refractivity contribution in [2.75, 3.05) is 0 Å². The van der Waals surface area contributed by atoms with E-state index in [9.17, 15) is 22.0 Å². The Labute approximate surface area is 101 Å². The SMILES string of the molecule is NNC(CCCC(F)(F)F)c1c(F)cccc1F. The number of benzene rings is 1. The van der Waals surface area contributed by atoms with Crippen molar-refractivity contribution in [1.82, 2.24) is 5.43 Å². The summed E-state index contributed by atoms with van der Waals surface area (Å²) in [6, 6.07) is 2.27. The molecule has 0 radical (unpaired) electrons. The van der Waals surface area contributed by atoms with Crippen LogP contribution in [-0.2, 0) is 0 Å². The fourth-order valence-electron chi connectivity index (χ4n) is 1.66. The molecule has 0 fully saturated rings. The summed E-state index contributed by atoms with van der Waals surface area (Å²) in [5, 5.41) is 0. The zero-order valence-corrected chi connectivity index (χ0v) is 9.40. The minimum atomic E-state index is -4.28. The number of nitrogens with two attached hydrogens (primary N) is 1. The van der Waals surface area contributed by atoms with Crippen LogP contribution in [0.15, 0.2) is 18.2 Å². The lowest BCUT2D eigenvalue weighted by atomic mass is 10.0. The minimum absolute atomic E-state index is 0.103. The van der Waals surface area contributed by atoms with Gasteiger partial charge in [-0.1, -0.05) is 6.07 Å². The summed E-state index contributed by atoms with van der Waals surface area (Å²) >= 11 is 0. The van der Waals surface area contributed by atoms with Crippen LogP contribution < -0.4 is 11.3 Å². The zero-order chi connectivity index (χ0) is 13.8. The van der Waals surface area contributed by atoms with Crippen molar-refractivity contribution in [3.63, 3.8) is 0 Å². The highest BCUT2D eigenvalue weighted by Gasteiger charge is 2.27. The van der Waals surface area contributed by atoms with Crippen molar-refractivity contribution in [3.05, 3.63) is 35.4 Å². The third kappa shape index (κ3) is 4.23. The summed E-state index contributed by atoms with van der Waals surface area (Å²) in [6.45, 7) is 0. The Morgan fingerprint density at radius 3 is 2.17 bits per heavy atom. The third-order valence-corrected chi connectivity index (χ3v) is 2.50. The first-order valence-electron chi connectivity index (χ1n) is 5.32. The van der Waals surface area contributed by atoms with Gasteiger partial charge >= 0.3 is 6.18 Å². The quantitative estimate of drug-likeness (QED) is 0.489. The molecule has 0 amide bonds. The lowest BCUT2D eigenvalue weighted by Crippen LogP contribution is -2.29. The molecule has 18 heavy (non-hydrogen) atoms. The fraction of sp³-hybridized carbons (Fsp3) is 0.455. The van der Waals surface area contributed by atoms with Crippen molar-refractivity contribution in [1.29, 1.82) is 0 Å². The van der Waals surface area contributed by atoms with Crippen molar-refractivity contribution in [3.8, 4) is 0 Å². The molecule has 1 atom stereocenters. The summed E-state index contributed by atoms with van der Waals surface area (Å²) < 4.78 is 62.7. The van der Waals surface area contributed by atoms with Crippen molar-refractivity contribution >= 4 is 0 Å². The van der Waals surface area contributed by atoms with Gasteiger partial charge in [0.05, 0.1) is 6.04 Å². The van der Waals surface area contributed by atoms with E-state index >= 15 is 0 Å². The maximum atomic E-state index is 13.4. The van der Waals surface area contributed by atoms with Crippen LogP contribution in [0.3, 0.4) is 0 Å². The molecule has 1 aromatic carbocycles. The topological polar surface area (TPSA) is 38.0 Å². The first-order valence-corrected chi connectivity index (χ1v) is 5.32. The molecule has 1 aromatic rings. The molecule has 0 spiro atoms. The first kappa shape index (κ1) is 14.8. The van der Waals surface area contributed by atoms with Gasteiger partial charge in [-0.3, -0.25) is 11.3 Å². The van der Waals surface area contributed by atoms with Gasteiger partial charge in [-0.25, -0.2) is 8.78 Å². The van der Waals surface area contributed by atoms with Crippen LogP contribution in [-0.4, -0.2) is 6.18 Å². The van der Waals surface area contributed by atoms with Crippen LogP contribution in [0.25, 0.3) is 0 Å². The largest absolute Gasteiger partial charge is 0.389 e. The molecule has 0 saturated carbocycles. The summed E-state index contributed by atoms with van der Waals surface area (Å²) in [5.41, 5.74) is 1.81. The van der Waals surface area contributed by atoms with Crippen molar-refractivity contribution in [2.45, 2.75) is 31.5 Å². The highest BCUT2D eigenvalue weighted by molar-refractivity contribution is 5.23. The predicted octanol–water partition coefficient (Wildman–Crippen LogP) is 3.20.